The largest absolute Gasteiger partial charge is 0.321 e. The molecule has 0 spiro atoms. The molecule has 0 radical (unpaired) electrons. The van der Waals surface area contributed by atoms with Gasteiger partial charge >= 0.3 is 0 Å². The number of aryl methyl sites for hydroxylation is 1. The highest BCUT2D eigenvalue weighted by Crippen LogP contribution is 2.21. The maximum absolute atomic E-state index is 12.3. The van der Waals surface area contributed by atoms with Crippen molar-refractivity contribution >= 4 is 10.9 Å². The zero-order chi connectivity index (χ0) is 12.0. The lowest BCUT2D eigenvalue weighted by Gasteiger charge is -2.23. The van der Waals surface area contributed by atoms with Crippen LogP contribution in [0.3, 0.4) is 0 Å². The van der Waals surface area contributed by atoms with E-state index in [2.05, 4.69) is 4.98 Å². The Bertz CT molecular complexity index is 645. The van der Waals surface area contributed by atoms with E-state index in [1.54, 1.807) is 4.57 Å². The molecule has 1 aliphatic rings. The van der Waals surface area contributed by atoms with Gasteiger partial charge in [-0.2, -0.15) is 0 Å². The second-order valence-corrected chi connectivity index (χ2v) is 4.70. The van der Waals surface area contributed by atoms with Crippen molar-refractivity contribution in [2.75, 3.05) is 0 Å². The summed E-state index contributed by atoms with van der Waals surface area (Å²) in [6, 6.07) is 5.66. The SMILES string of the molecule is Cc1ccc2nc3n(c(=O)c2c1)CCC[C@@H]3N. The van der Waals surface area contributed by atoms with E-state index in [0.717, 1.165) is 36.3 Å². The van der Waals surface area contributed by atoms with Gasteiger partial charge in [0.25, 0.3) is 5.56 Å². The Balaban J connectivity index is 2.39. The molecule has 2 N–H and O–H groups in total. The van der Waals surface area contributed by atoms with E-state index in [1.165, 1.54) is 0 Å². The van der Waals surface area contributed by atoms with E-state index in [0.29, 0.717) is 5.39 Å². The molecule has 0 aliphatic carbocycles. The highest BCUT2D eigenvalue weighted by Gasteiger charge is 2.20. The third-order valence-electron chi connectivity index (χ3n) is 3.37. The predicted molar refractivity (Wildman–Crippen MR) is 66.9 cm³/mol. The molecule has 1 atom stereocenters. The van der Waals surface area contributed by atoms with Crippen LogP contribution in [0.5, 0.6) is 0 Å². The van der Waals surface area contributed by atoms with Gasteiger partial charge in [0.1, 0.15) is 5.82 Å². The molecule has 0 saturated carbocycles. The fourth-order valence-corrected chi connectivity index (χ4v) is 2.45. The summed E-state index contributed by atoms with van der Waals surface area (Å²) in [6.45, 7) is 2.72. The fourth-order valence-electron chi connectivity index (χ4n) is 2.45. The Morgan fingerprint density at radius 2 is 2.29 bits per heavy atom. The van der Waals surface area contributed by atoms with Gasteiger partial charge in [0.05, 0.1) is 16.9 Å². The summed E-state index contributed by atoms with van der Waals surface area (Å²) in [7, 11) is 0. The van der Waals surface area contributed by atoms with Crippen molar-refractivity contribution in [3.05, 3.63) is 39.9 Å². The molecule has 0 fully saturated rings. The van der Waals surface area contributed by atoms with Crippen LogP contribution in [0.4, 0.5) is 0 Å². The lowest BCUT2D eigenvalue weighted by molar-refractivity contribution is 0.435. The average molecular weight is 229 g/mol. The van der Waals surface area contributed by atoms with Crippen molar-refractivity contribution in [3.63, 3.8) is 0 Å². The van der Waals surface area contributed by atoms with Gasteiger partial charge in [0.15, 0.2) is 0 Å². The Morgan fingerprint density at radius 3 is 3.12 bits per heavy atom. The number of aromatic nitrogens is 2. The molecule has 17 heavy (non-hydrogen) atoms. The van der Waals surface area contributed by atoms with Crippen molar-refractivity contribution < 1.29 is 0 Å². The lowest BCUT2D eigenvalue weighted by atomic mass is 10.1. The van der Waals surface area contributed by atoms with E-state index < -0.39 is 0 Å². The summed E-state index contributed by atoms with van der Waals surface area (Å²) in [4.78, 5) is 16.9. The molecule has 1 aliphatic heterocycles. The second kappa shape index (κ2) is 3.67. The minimum absolute atomic E-state index is 0.0452. The Morgan fingerprint density at radius 1 is 1.47 bits per heavy atom. The van der Waals surface area contributed by atoms with Crippen molar-refractivity contribution in [1.82, 2.24) is 9.55 Å². The predicted octanol–water partition coefficient (Wildman–Crippen LogP) is 1.50. The third kappa shape index (κ3) is 1.56. The molecule has 2 heterocycles. The molecular weight excluding hydrogens is 214 g/mol. The van der Waals surface area contributed by atoms with Gasteiger partial charge in [0, 0.05) is 6.54 Å². The summed E-state index contributed by atoms with van der Waals surface area (Å²) in [5, 5.41) is 0.697. The highest BCUT2D eigenvalue weighted by atomic mass is 16.1. The molecule has 0 unspecified atom stereocenters. The van der Waals surface area contributed by atoms with Gasteiger partial charge in [-0.3, -0.25) is 9.36 Å². The average Bonchev–Trinajstić information content (AvgIpc) is 2.32. The quantitative estimate of drug-likeness (QED) is 0.744. The van der Waals surface area contributed by atoms with Gasteiger partial charge in [-0.15, -0.1) is 0 Å². The minimum Gasteiger partial charge on any atom is -0.321 e. The molecule has 88 valence electrons. The van der Waals surface area contributed by atoms with Crippen molar-refractivity contribution in [3.8, 4) is 0 Å². The first-order valence-electron chi connectivity index (χ1n) is 5.93. The minimum atomic E-state index is -0.109. The van der Waals surface area contributed by atoms with E-state index in [1.807, 2.05) is 25.1 Å². The number of hydrogen-bond donors (Lipinski definition) is 1. The summed E-state index contributed by atoms with van der Waals surface area (Å²) in [5.41, 5.74) is 7.89. The van der Waals surface area contributed by atoms with E-state index in [4.69, 9.17) is 5.73 Å². The van der Waals surface area contributed by atoms with Gasteiger partial charge in [-0.25, -0.2) is 4.98 Å². The summed E-state index contributed by atoms with van der Waals surface area (Å²) < 4.78 is 1.73. The van der Waals surface area contributed by atoms with Gasteiger partial charge in [0.2, 0.25) is 0 Å². The van der Waals surface area contributed by atoms with Crippen molar-refractivity contribution in [2.45, 2.75) is 32.4 Å². The highest BCUT2D eigenvalue weighted by molar-refractivity contribution is 5.78. The van der Waals surface area contributed by atoms with Crippen LogP contribution >= 0.6 is 0 Å². The monoisotopic (exact) mass is 229 g/mol. The van der Waals surface area contributed by atoms with Crippen LogP contribution in [0.1, 0.15) is 30.3 Å². The van der Waals surface area contributed by atoms with E-state index >= 15 is 0 Å². The van der Waals surface area contributed by atoms with E-state index in [-0.39, 0.29) is 11.6 Å². The van der Waals surface area contributed by atoms with Gasteiger partial charge in [-0.05, 0) is 31.9 Å². The van der Waals surface area contributed by atoms with Crippen LogP contribution in [0.2, 0.25) is 0 Å². The number of rotatable bonds is 0. The molecule has 1 aromatic carbocycles. The molecule has 0 saturated heterocycles. The Kier molecular flexibility index (Phi) is 2.26. The molecule has 1 aromatic heterocycles. The normalized spacial score (nSPS) is 19.3. The van der Waals surface area contributed by atoms with Gasteiger partial charge < -0.3 is 5.73 Å². The maximum Gasteiger partial charge on any atom is 0.261 e. The first-order chi connectivity index (χ1) is 8.16. The standard InChI is InChI=1S/C13H15N3O/c1-8-4-5-11-9(7-8)13(17)16-6-2-3-10(14)12(16)15-11/h4-5,7,10H,2-3,6,14H2,1H3/t10-/m0/s1. The fraction of sp³-hybridized carbons (Fsp3) is 0.385. The smallest absolute Gasteiger partial charge is 0.261 e. The van der Waals surface area contributed by atoms with E-state index in [9.17, 15) is 4.79 Å². The van der Waals surface area contributed by atoms with Crippen LogP contribution in [0.25, 0.3) is 10.9 Å². The number of hydrogen-bond acceptors (Lipinski definition) is 3. The first-order valence-corrected chi connectivity index (χ1v) is 5.93. The maximum atomic E-state index is 12.3. The molecule has 4 nitrogen and oxygen atoms in total. The van der Waals surface area contributed by atoms with Crippen LogP contribution in [-0.4, -0.2) is 9.55 Å². The molecule has 0 bridgehead atoms. The molecule has 2 aromatic rings. The number of benzene rings is 1. The topological polar surface area (TPSA) is 60.9 Å². The van der Waals surface area contributed by atoms with Crippen LogP contribution in [0.15, 0.2) is 23.0 Å². The van der Waals surface area contributed by atoms with Crippen molar-refractivity contribution in [2.24, 2.45) is 5.73 Å². The molecule has 0 amide bonds. The molecule has 3 rings (SSSR count). The third-order valence-corrected chi connectivity index (χ3v) is 3.37. The van der Waals surface area contributed by atoms with Gasteiger partial charge in [-0.1, -0.05) is 11.6 Å². The summed E-state index contributed by atoms with van der Waals surface area (Å²) in [6.07, 6.45) is 1.86. The Labute approximate surface area is 99.1 Å². The molecule has 4 heteroatoms. The second-order valence-electron chi connectivity index (χ2n) is 4.70. The molecular formula is C13H15N3O. The summed E-state index contributed by atoms with van der Waals surface area (Å²) >= 11 is 0. The zero-order valence-electron chi connectivity index (χ0n) is 9.81. The zero-order valence-corrected chi connectivity index (χ0v) is 9.81. The summed E-state index contributed by atoms with van der Waals surface area (Å²) in [5.74, 6) is 0.734. The Hall–Kier alpha value is -1.68. The van der Waals surface area contributed by atoms with Crippen LogP contribution < -0.4 is 11.3 Å². The number of fused-ring (bicyclic) bond motifs is 2. The first kappa shape index (κ1) is 10.5. The lowest BCUT2D eigenvalue weighted by Crippen LogP contribution is -2.33. The number of nitrogens with two attached hydrogens (primary N) is 1. The van der Waals surface area contributed by atoms with Crippen LogP contribution in [-0.2, 0) is 6.54 Å². The van der Waals surface area contributed by atoms with Crippen molar-refractivity contribution in [1.29, 1.82) is 0 Å². The number of nitrogens with zero attached hydrogens (tertiary/aromatic N) is 2. The van der Waals surface area contributed by atoms with Crippen LogP contribution in [0, 0.1) is 6.92 Å².